The van der Waals surface area contributed by atoms with Crippen LogP contribution in [0.15, 0.2) is 11.8 Å². The van der Waals surface area contributed by atoms with Crippen molar-refractivity contribution in [1.82, 2.24) is 5.32 Å². The van der Waals surface area contributed by atoms with Crippen LogP contribution in [-0.4, -0.2) is 36.6 Å². The number of aliphatic hydroxyl groups excluding tert-OH is 1. The van der Waals surface area contributed by atoms with E-state index in [1.54, 1.807) is 0 Å². The highest BCUT2D eigenvalue weighted by atomic mass is 16.7. The molecule has 154 valence electrons. The van der Waals surface area contributed by atoms with E-state index in [1.165, 1.54) is 19.3 Å². The molecular formula is C22H37NO4. The number of hydrogen-bond acceptors (Lipinski definition) is 4. The molecule has 5 heteroatoms. The summed E-state index contributed by atoms with van der Waals surface area (Å²) in [5.41, 5.74) is -0.0167. The van der Waals surface area contributed by atoms with Crippen molar-refractivity contribution in [2.24, 2.45) is 29.1 Å². The fraction of sp³-hybridized carbons (Fsp3) is 0.864. The fourth-order valence-electron chi connectivity index (χ4n) is 5.35. The van der Waals surface area contributed by atoms with Gasteiger partial charge in [-0.1, -0.05) is 27.2 Å². The van der Waals surface area contributed by atoms with E-state index in [4.69, 9.17) is 9.47 Å². The van der Waals surface area contributed by atoms with Gasteiger partial charge < -0.3 is 19.9 Å². The minimum Gasteiger partial charge on any atom is -0.459 e. The van der Waals surface area contributed by atoms with Crippen LogP contribution in [0.4, 0.5) is 0 Å². The zero-order valence-corrected chi connectivity index (χ0v) is 17.4. The number of aliphatic hydroxyl groups is 1. The Labute approximate surface area is 163 Å². The van der Waals surface area contributed by atoms with Crippen molar-refractivity contribution in [3.63, 3.8) is 0 Å². The predicted octanol–water partition coefficient (Wildman–Crippen LogP) is 3.62. The molecule has 3 aliphatic rings. The smallest absolute Gasteiger partial charge is 0.286 e. The van der Waals surface area contributed by atoms with Crippen LogP contribution in [0.5, 0.6) is 0 Å². The number of nitrogens with one attached hydrogen (secondary N) is 1. The standard InChI is InChI=1S/C22H37NO4/c1-5-26-21-16(7-6-10-24)17(22(2,3)4)13-19(27-21)20(25)23-18-12-14-8-9-15(18)11-14/h13-18,21,24H,5-12H2,1-4H3,(H,23,25)/t14?,15?,16-,17-,18?,21+/m1/s1. The van der Waals surface area contributed by atoms with Gasteiger partial charge in [-0.15, -0.1) is 0 Å². The van der Waals surface area contributed by atoms with Crippen molar-refractivity contribution in [3.8, 4) is 0 Å². The van der Waals surface area contributed by atoms with Crippen molar-refractivity contribution >= 4 is 5.91 Å². The number of rotatable bonds is 7. The molecule has 0 aromatic rings. The van der Waals surface area contributed by atoms with E-state index in [9.17, 15) is 9.90 Å². The number of amides is 1. The number of allylic oxidation sites excluding steroid dienone is 1. The van der Waals surface area contributed by atoms with Gasteiger partial charge in [-0.25, -0.2) is 0 Å². The normalized spacial score (nSPS) is 35.7. The second-order valence-electron chi connectivity index (χ2n) is 9.65. The first kappa shape index (κ1) is 20.7. The number of carbonyl (C=O) groups excluding carboxylic acids is 1. The molecule has 0 spiro atoms. The van der Waals surface area contributed by atoms with Crippen molar-refractivity contribution in [3.05, 3.63) is 11.8 Å². The molecule has 0 aromatic carbocycles. The van der Waals surface area contributed by atoms with E-state index in [2.05, 4.69) is 26.1 Å². The lowest BCUT2D eigenvalue weighted by molar-refractivity contribution is -0.179. The van der Waals surface area contributed by atoms with Crippen LogP contribution < -0.4 is 5.32 Å². The quantitative estimate of drug-likeness (QED) is 0.709. The summed E-state index contributed by atoms with van der Waals surface area (Å²) in [6.45, 7) is 9.23. The predicted molar refractivity (Wildman–Crippen MR) is 105 cm³/mol. The van der Waals surface area contributed by atoms with E-state index < -0.39 is 6.29 Å². The Hall–Kier alpha value is -1.07. The molecule has 2 aliphatic carbocycles. The third-order valence-electron chi connectivity index (χ3n) is 6.69. The van der Waals surface area contributed by atoms with Crippen LogP contribution >= 0.6 is 0 Å². The topological polar surface area (TPSA) is 67.8 Å². The lowest BCUT2D eigenvalue weighted by Gasteiger charge is -2.42. The van der Waals surface area contributed by atoms with Crippen LogP contribution in [0.3, 0.4) is 0 Å². The Morgan fingerprint density at radius 1 is 1.33 bits per heavy atom. The van der Waals surface area contributed by atoms with Gasteiger partial charge in [0.15, 0.2) is 5.76 Å². The van der Waals surface area contributed by atoms with Gasteiger partial charge in [-0.3, -0.25) is 4.79 Å². The largest absolute Gasteiger partial charge is 0.459 e. The van der Waals surface area contributed by atoms with Gasteiger partial charge >= 0.3 is 0 Å². The molecular weight excluding hydrogens is 342 g/mol. The summed E-state index contributed by atoms with van der Waals surface area (Å²) in [4.78, 5) is 13.0. The average Bonchev–Trinajstić information content (AvgIpc) is 3.22. The van der Waals surface area contributed by atoms with E-state index in [0.29, 0.717) is 30.7 Å². The van der Waals surface area contributed by atoms with Crippen LogP contribution in [0.1, 0.15) is 66.2 Å². The molecule has 1 heterocycles. The summed E-state index contributed by atoms with van der Waals surface area (Å²) in [7, 11) is 0. The molecule has 0 saturated heterocycles. The molecule has 1 amide bonds. The molecule has 27 heavy (non-hydrogen) atoms. The summed E-state index contributed by atoms with van der Waals surface area (Å²) in [6, 6.07) is 0.298. The van der Waals surface area contributed by atoms with Crippen LogP contribution in [-0.2, 0) is 14.3 Å². The maximum Gasteiger partial charge on any atom is 0.286 e. The van der Waals surface area contributed by atoms with Crippen molar-refractivity contribution < 1.29 is 19.4 Å². The Morgan fingerprint density at radius 2 is 2.11 bits per heavy atom. The highest BCUT2D eigenvalue weighted by molar-refractivity contribution is 5.91. The first-order chi connectivity index (χ1) is 12.8. The zero-order chi connectivity index (χ0) is 19.6. The van der Waals surface area contributed by atoms with E-state index in [0.717, 1.165) is 18.8 Å². The Kier molecular flexibility index (Phi) is 6.52. The Bertz CT molecular complexity index is 553. The second-order valence-corrected chi connectivity index (χ2v) is 9.65. The van der Waals surface area contributed by atoms with Gasteiger partial charge in [0.05, 0.1) is 0 Å². The van der Waals surface area contributed by atoms with Crippen molar-refractivity contribution in [2.45, 2.75) is 78.6 Å². The molecule has 2 fully saturated rings. The lowest BCUT2D eigenvalue weighted by atomic mass is 9.70. The number of fused-ring (bicyclic) bond motifs is 2. The number of hydrogen-bond donors (Lipinski definition) is 2. The maximum atomic E-state index is 13.0. The van der Waals surface area contributed by atoms with Crippen LogP contribution in [0.2, 0.25) is 0 Å². The van der Waals surface area contributed by atoms with Gasteiger partial charge in [0.1, 0.15) is 0 Å². The van der Waals surface area contributed by atoms with Crippen molar-refractivity contribution in [1.29, 1.82) is 0 Å². The molecule has 2 N–H and O–H groups in total. The minimum atomic E-state index is -0.434. The van der Waals surface area contributed by atoms with Crippen molar-refractivity contribution in [2.75, 3.05) is 13.2 Å². The second kappa shape index (κ2) is 8.52. The molecule has 1 aliphatic heterocycles. The third kappa shape index (κ3) is 4.68. The Balaban J connectivity index is 1.76. The van der Waals surface area contributed by atoms with E-state index in [1.807, 2.05) is 13.0 Å². The monoisotopic (exact) mass is 379 g/mol. The van der Waals surface area contributed by atoms with Gasteiger partial charge in [0, 0.05) is 25.2 Å². The highest BCUT2D eigenvalue weighted by Gasteiger charge is 2.44. The Morgan fingerprint density at radius 3 is 2.67 bits per heavy atom. The first-order valence-electron chi connectivity index (χ1n) is 10.7. The van der Waals surface area contributed by atoms with E-state index >= 15 is 0 Å². The highest BCUT2D eigenvalue weighted by Crippen LogP contribution is 2.45. The van der Waals surface area contributed by atoms with Crippen LogP contribution in [0, 0.1) is 29.1 Å². The fourth-order valence-corrected chi connectivity index (χ4v) is 5.35. The first-order valence-corrected chi connectivity index (χ1v) is 10.7. The average molecular weight is 380 g/mol. The molecule has 5 nitrogen and oxygen atoms in total. The van der Waals surface area contributed by atoms with Gasteiger partial charge in [0.25, 0.3) is 5.91 Å². The molecule has 6 atom stereocenters. The molecule has 3 unspecified atom stereocenters. The molecule has 0 radical (unpaired) electrons. The summed E-state index contributed by atoms with van der Waals surface area (Å²) < 4.78 is 12.0. The third-order valence-corrected chi connectivity index (χ3v) is 6.69. The van der Waals surface area contributed by atoms with Gasteiger partial charge in [-0.05, 0) is 68.3 Å². The SMILES string of the molecule is CCO[C@H]1OC(C(=O)NC2CC3CCC2C3)=C[C@@H](C(C)(C)C)[C@H]1CCCO. The van der Waals surface area contributed by atoms with Crippen LogP contribution in [0.25, 0.3) is 0 Å². The van der Waals surface area contributed by atoms with E-state index in [-0.39, 0.29) is 29.8 Å². The summed E-state index contributed by atoms with van der Waals surface area (Å²) in [5, 5.41) is 12.5. The summed E-state index contributed by atoms with van der Waals surface area (Å²) in [6.07, 6.45) is 8.05. The number of ether oxygens (including phenoxy) is 2. The molecule has 2 saturated carbocycles. The molecule has 2 bridgehead atoms. The minimum absolute atomic E-state index is 0.0167. The van der Waals surface area contributed by atoms with Gasteiger partial charge in [0.2, 0.25) is 6.29 Å². The number of carbonyl (C=O) groups is 1. The molecule has 0 aromatic heterocycles. The zero-order valence-electron chi connectivity index (χ0n) is 17.4. The lowest BCUT2D eigenvalue weighted by Crippen LogP contribution is -2.45. The maximum absolute atomic E-state index is 13.0. The molecule has 3 rings (SSSR count). The van der Waals surface area contributed by atoms with Gasteiger partial charge in [-0.2, -0.15) is 0 Å². The summed E-state index contributed by atoms with van der Waals surface area (Å²) in [5.74, 6) is 2.05. The summed E-state index contributed by atoms with van der Waals surface area (Å²) >= 11 is 0.